The molecule has 0 aliphatic heterocycles. The summed E-state index contributed by atoms with van der Waals surface area (Å²) in [7, 11) is 0. The molecule has 0 radical (unpaired) electrons. The number of benzene rings is 1. The molecule has 19 heavy (non-hydrogen) atoms. The van der Waals surface area contributed by atoms with Crippen LogP contribution in [0.2, 0.25) is 0 Å². The van der Waals surface area contributed by atoms with Crippen molar-refractivity contribution in [1.82, 2.24) is 15.0 Å². The number of ether oxygens (including phenoxy) is 1. The molecule has 1 N–H and O–H groups in total. The van der Waals surface area contributed by atoms with E-state index in [-0.39, 0.29) is 31.7 Å². The number of hydrogen-bond acceptors (Lipinski definition) is 6. The molecular weight excluding hydrogens is 250 g/mol. The van der Waals surface area contributed by atoms with E-state index in [1.807, 2.05) is 0 Å². The summed E-state index contributed by atoms with van der Waals surface area (Å²) in [5.74, 6) is -0.490. The normalized spacial score (nSPS) is 10.6. The van der Waals surface area contributed by atoms with Crippen molar-refractivity contribution < 1.29 is 14.6 Å². The van der Waals surface area contributed by atoms with E-state index in [4.69, 9.17) is 5.11 Å². The van der Waals surface area contributed by atoms with Gasteiger partial charge in [-0.25, -0.2) is 4.68 Å². The van der Waals surface area contributed by atoms with Gasteiger partial charge in [0.05, 0.1) is 25.0 Å². The van der Waals surface area contributed by atoms with Crippen LogP contribution in [0.1, 0.15) is 6.42 Å². The first-order chi connectivity index (χ1) is 9.22. The van der Waals surface area contributed by atoms with E-state index in [1.54, 1.807) is 24.3 Å². The summed E-state index contributed by atoms with van der Waals surface area (Å²) in [5.41, 5.74) is 0.229. The highest BCUT2D eigenvalue weighted by Crippen LogP contribution is 2.03. The molecule has 2 rings (SSSR count). The smallest absolute Gasteiger partial charge is 0.307 e. The van der Waals surface area contributed by atoms with E-state index in [1.165, 1.54) is 0 Å². The van der Waals surface area contributed by atoms with Crippen LogP contribution in [0.25, 0.3) is 10.9 Å². The van der Waals surface area contributed by atoms with Crippen LogP contribution >= 0.6 is 0 Å². The van der Waals surface area contributed by atoms with Crippen molar-refractivity contribution in [2.45, 2.75) is 13.0 Å². The first-order valence-electron chi connectivity index (χ1n) is 5.81. The molecule has 0 amide bonds. The van der Waals surface area contributed by atoms with Crippen molar-refractivity contribution in [2.24, 2.45) is 0 Å². The molecular formula is C12H13N3O4. The number of rotatable bonds is 5. The van der Waals surface area contributed by atoms with Gasteiger partial charge in [0.1, 0.15) is 12.1 Å². The molecule has 0 spiro atoms. The summed E-state index contributed by atoms with van der Waals surface area (Å²) in [4.78, 5) is 23.3. The summed E-state index contributed by atoms with van der Waals surface area (Å²) >= 11 is 0. The van der Waals surface area contributed by atoms with E-state index in [0.717, 1.165) is 4.68 Å². The first-order valence-corrected chi connectivity index (χ1v) is 5.81. The van der Waals surface area contributed by atoms with Crippen molar-refractivity contribution in [3.63, 3.8) is 0 Å². The number of nitrogens with zero attached hydrogens (tertiary/aromatic N) is 3. The molecule has 0 saturated heterocycles. The van der Waals surface area contributed by atoms with Crippen molar-refractivity contribution in [3.8, 4) is 0 Å². The lowest BCUT2D eigenvalue weighted by atomic mass is 10.2. The Morgan fingerprint density at radius 3 is 2.95 bits per heavy atom. The predicted octanol–water partition coefficient (Wildman–Crippen LogP) is -0.283. The number of hydrogen-bond donors (Lipinski definition) is 1. The number of aryl methyl sites for hydroxylation is 1. The number of carbonyl (C=O) groups excluding carboxylic acids is 1. The molecule has 7 heteroatoms. The maximum Gasteiger partial charge on any atom is 0.307 e. The summed E-state index contributed by atoms with van der Waals surface area (Å²) in [5, 5.41) is 16.6. The highest BCUT2D eigenvalue weighted by molar-refractivity contribution is 5.76. The van der Waals surface area contributed by atoms with Crippen LogP contribution in [-0.4, -0.2) is 39.3 Å². The minimum absolute atomic E-state index is 0.00687. The maximum atomic E-state index is 12.0. The Kier molecular flexibility index (Phi) is 4.19. The van der Waals surface area contributed by atoms with Gasteiger partial charge in [-0.3, -0.25) is 9.59 Å². The average molecular weight is 263 g/mol. The van der Waals surface area contributed by atoms with Crippen LogP contribution in [0.4, 0.5) is 0 Å². The lowest BCUT2D eigenvalue weighted by molar-refractivity contribution is -0.144. The molecule has 0 atom stereocenters. The van der Waals surface area contributed by atoms with Crippen LogP contribution in [0.15, 0.2) is 29.1 Å². The highest BCUT2D eigenvalue weighted by atomic mass is 16.5. The number of aliphatic hydroxyl groups excluding tert-OH is 1. The van der Waals surface area contributed by atoms with E-state index >= 15 is 0 Å². The van der Waals surface area contributed by atoms with E-state index in [0.29, 0.717) is 10.9 Å². The van der Waals surface area contributed by atoms with Gasteiger partial charge in [0.15, 0.2) is 0 Å². The van der Waals surface area contributed by atoms with Gasteiger partial charge >= 0.3 is 5.97 Å². The fourth-order valence-corrected chi connectivity index (χ4v) is 1.60. The molecule has 0 saturated carbocycles. The third-order valence-electron chi connectivity index (χ3n) is 2.51. The van der Waals surface area contributed by atoms with Gasteiger partial charge in [-0.2, -0.15) is 0 Å². The molecule has 0 unspecified atom stereocenters. The van der Waals surface area contributed by atoms with Gasteiger partial charge < -0.3 is 9.84 Å². The minimum Gasteiger partial charge on any atom is -0.463 e. The Bertz CT molecular complexity index is 638. The third-order valence-corrected chi connectivity index (χ3v) is 2.51. The molecule has 2 aromatic rings. The fraction of sp³-hybridized carbons (Fsp3) is 0.333. The van der Waals surface area contributed by atoms with Gasteiger partial charge in [0, 0.05) is 0 Å². The van der Waals surface area contributed by atoms with Crippen molar-refractivity contribution >= 4 is 16.9 Å². The molecule has 0 aliphatic carbocycles. The summed E-state index contributed by atoms with van der Waals surface area (Å²) in [6.45, 7) is -0.167. The Hall–Kier alpha value is -2.28. The molecule has 0 fully saturated rings. The molecule has 1 aromatic heterocycles. The molecule has 1 heterocycles. The number of esters is 1. The summed E-state index contributed by atoms with van der Waals surface area (Å²) < 4.78 is 5.82. The lowest BCUT2D eigenvalue weighted by Crippen LogP contribution is -2.25. The first kappa shape index (κ1) is 13.2. The Balaban J connectivity index is 2.11. The van der Waals surface area contributed by atoms with Crippen molar-refractivity contribution in [2.75, 3.05) is 13.2 Å². The Morgan fingerprint density at radius 2 is 2.16 bits per heavy atom. The zero-order chi connectivity index (χ0) is 13.7. The van der Waals surface area contributed by atoms with Crippen molar-refractivity contribution in [3.05, 3.63) is 34.6 Å². The quantitative estimate of drug-likeness (QED) is 0.745. The van der Waals surface area contributed by atoms with Gasteiger partial charge in [-0.1, -0.05) is 17.3 Å². The van der Waals surface area contributed by atoms with Crippen LogP contribution in [0.3, 0.4) is 0 Å². The number of carbonyl (C=O) groups is 1. The SMILES string of the molecule is O=C(CCn1nnc2ccccc2c1=O)OCCO. The molecule has 7 nitrogen and oxygen atoms in total. The van der Waals surface area contributed by atoms with E-state index < -0.39 is 5.97 Å². The van der Waals surface area contributed by atoms with Crippen LogP contribution in [0.5, 0.6) is 0 Å². The van der Waals surface area contributed by atoms with Gasteiger partial charge in [-0.15, -0.1) is 5.10 Å². The topological polar surface area (TPSA) is 94.3 Å². The third kappa shape index (κ3) is 3.14. The van der Waals surface area contributed by atoms with E-state index in [9.17, 15) is 9.59 Å². The van der Waals surface area contributed by atoms with Crippen LogP contribution in [-0.2, 0) is 16.1 Å². The lowest BCUT2D eigenvalue weighted by Gasteiger charge is -2.05. The van der Waals surface area contributed by atoms with Crippen LogP contribution < -0.4 is 5.56 Å². The fourth-order valence-electron chi connectivity index (χ4n) is 1.60. The number of aliphatic hydroxyl groups is 1. The zero-order valence-corrected chi connectivity index (χ0v) is 10.2. The second-order valence-corrected chi connectivity index (χ2v) is 3.83. The Labute approximate surface area is 108 Å². The van der Waals surface area contributed by atoms with Gasteiger partial charge in [0.25, 0.3) is 5.56 Å². The largest absolute Gasteiger partial charge is 0.463 e. The number of fused-ring (bicyclic) bond motifs is 1. The molecule has 100 valence electrons. The molecule has 1 aromatic carbocycles. The zero-order valence-electron chi connectivity index (χ0n) is 10.2. The molecule has 0 aliphatic rings. The maximum absolute atomic E-state index is 12.0. The van der Waals surface area contributed by atoms with Crippen molar-refractivity contribution in [1.29, 1.82) is 0 Å². The highest BCUT2D eigenvalue weighted by Gasteiger charge is 2.08. The molecule has 0 bridgehead atoms. The predicted molar refractivity (Wildman–Crippen MR) is 66.5 cm³/mol. The van der Waals surface area contributed by atoms with Gasteiger partial charge in [0.2, 0.25) is 0 Å². The monoisotopic (exact) mass is 263 g/mol. The second-order valence-electron chi connectivity index (χ2n) is 3.83. The Morgan fingerprint density at radius 1 is 1.37 bits per heavy atom. The number of aromatic nitrogens is 3. The standard InChI is InChI=1S/C12H13N3O4/c16-7-8-19-11(17)5-6-15-12(18)9-3-1-2-4-10(9)13-14-15/h1-4,16H,5-8H2. The average Bonchev–Trinajstić information content (AvgIpc) is 2.44. The minimum atomic E-state index is -0.490. The second kappa shape index (κ2) is 6.05. The van der Waals surface area contributed by atoms with Crippen LogP contribution in [0, 0.1) is 0 Å². The summed E-state index contributed by atoms with van der Waals surface area (Å²) in [6, 6.07) is 6.87. The van der Waals surface area contributed by atoms with Gasteiger partial charge in [-0.05, 0) is 12.1 Å². The van der Waals surface area contributed by atoms with E-state index in [2.05, 4.69) is 15.0 Å². The summed E-state index contributed by atoms with van der Waals surface area (Å²) in [6.07, 6.45) is 0.00687.